The Kier molecular flexibility index (Phi) is 6.18. The van der Waals surface area contributed by atoms with Crippen LogP contribution in [0.5, 0.6) is 5.75 Å². The fraction of sp³-hybridized carbons (Fsp3) is 0.261. The van der Waals surface area contributed by atoms with Crippen molar-refractivity contribution in [3.05, 3.63) is 77.0 Å². The summed E-state index contributed by atoms with van der Waals surface area (Å²) >= 11 is 0. The van der Waals surface area contributed by atoms with E-state index in [0.29, 0.717) is 47.3 Å². The number of aromatic nitrogens is 3. The monoisotopic (exact) mass is 437 g/mol. The van der Waals surface area contributed by atoms with Crippen LogP contribution in [-0.4, -0.2) is 39.5 Å². The zero-order valence-electron chi connectivity index (χ0n) is 17.8. The van der Waals surface area contributed by atoms with E-state index in [0.717, 1.165) is 5.56 Å². The second-order valence-electron chi connectivity index (χ2n) is 7.43. The van der Waals surface area contributed by atoms with Crippen LogP contribution in [0.4, 0.5) is 16.0 Å². The Bertz CT molecular complexity index is 1160. The molecule has 1 aliphatic rings. The molecular weight excluding hydrogens is 413 g/mol. The van der Waals surface area contributed by atoms with Crippen LogP contribution >= 0.6 is 0 Å². The minimum atomic E-state index is -0.558. The van der Waals surface area contributed by atoms with Crippen LogP contribution in [0.3, 0.4) is 0 Å². The molecule has 8 nitrogen and oxygen atoms in total. The summed E-state index contributed by atoms with van der Waals surface area (Å²) in [6.07, 6.45) is 1.05. The third-order valence-corrected chi connectivity index (χ3v) is 5.21. The molecule has 3 aromatic rings. The third kappa shape index (κ3) is 4.33. The molecule has 0 fully saturated rings. The lowest BCUT2D eigenvalue weighted by Crippen LogP contribution is -2.31. The number of aryl methyl sites for hydroxylation is 1. The molecule has 1 unspecified atom stereocenters. The van der Waals surface area contributed by atoms with Crippen molar-refractivity contribution in [2.75, 3.05) is 24.4 Å². The largest absolute Gasteiger partial charge is 0.497 e. The van der Waals surface area contributed by atoms with Crippen LogP contribution in [0.25, 0.3) is 0 Å². The molecule has 0 aliphatic carbocycles. The van der Waals surface area contributed by atoms with Gasteiger partial charge >= 0.3 is 0 Å². The predicted molar refractivity (Wildman–Crippen MR) is 118 cm³/mol. The van der Waals surface area contributed by atoms with Gasteiger partial charge in [0.15, 0.2) is 5.82 Å². The third-order valence-electron chi connectivity index (χ3n) is 5.21. The maximum Gasteiger partial charge on any atom is 0.255 e. The molecule has 3 N–H and O–H groups in total. The molecule has 0 saturated heterocycles. The van der Waals surface area contributed by atoms with Gasteiger partial charge in [0.25, 0.3) is 5.91 Å². The number of benzene rings is 2. The highest BCUT2D eigenvalue weighted by Gasteiger charge is 2.34. The summed E-state index contributed by atoms with van der Waals surface area (Å²) in [6.45, 7) is 1.84. The second-order valence-corrected chi connectivity index (χ2v) is 7.43. The average Bonchev–Trinajstić information content (AvgIpc) is 3.20. The first kappa shape index (κ1) is 21.5. The lowest BCUT2D eigenvalue weighted by molar-refractivity contribution is -0.113. The molecule has 0 saturated carbocycles. The maximum atomic E-state index is 13.4. The minimum absolute atomic E-state index is 0.0409. The highest BCUT2D eigenvalue weighted by molar-refractivity contribution is 6.06. The normalized spacial score (nSPS) is 15.2. The Labute approximate surface area is 184 Å². The summed E-state index contributed by atoms with van der Waals surface area (Å²) in [6, 6.07) is 12.5. The van der Waals surface area contributed by atoms with Gasteiger partial charge in [0.05, 0.1) is 12.7 Å². The number of hydrogen-bond acceptors (Lipinski definition) is 6. The molecule has 1 aromatic heterocycles. The number of halogens is 1. The van der Waals surface area contributed by atoms with Gasteiger partial charge in [-0.1, -0.05) is 12.1 Å². The Morgan fingerprint density at radius 2 is 2.06 bits per heavy atom. The lowest BCUT2D eigenvalue weighted by atomic mass is 9.95. The van der Waals surface area contributed by atoms with Crippen molar-refractivity contribution in [3.8, 4) is 5.75 Å². The van der Waals surface area contributed by atoms with E-state index in [1.165, 1.54) is 24.3 Å². The standard InChI is InChI=1S/C23H24FN5O3/c1-14-20(22(31)26-17-10-8-16(24)9-11-17)21(15-5-3-6-18(13-15)32-2)29-23(25-14)27-19(28-29)7-4-12-30/h3,5-6,8-11,13,21,30H,4,7,12H2,1-2H3,(H,26,31)(H,25,27,28). The number of hydrogen-bond donors (Lipinski definition) is 3. The van der Waals surface area contributed by atoms with Crippen LogP contribution in [0.1, 0.15) is 30.8 Å². The topological polar surface area (TPSA) is 101 Å². The number of carbonyl (C=O) groups excluding carboxylic acids is 1. The Hall–Kier alpha value is -3.72. The fourth-order valence-electron chi connectivity index (χ4n) is 3.68. The van der Waals surface area contributed by atoms with Crippen molar-refractivity contribution in [3.63, 3.8) is 0 Å². The first-order valence-corrected chi connectivity index (χ1v) is 10.2. The minimum Gasteiger partial charge on any atom is -0.497 e. The van der Waals surface area contributed by atoms with Gasteiger partial charge in [-0.3, -0.25) is 4.79 Å². The summed E-state index contributed by atoms with van der Waals surface area (Å²) in [5, 5.41) is 19.8. The highest BCUT2D eigenvalue weighted by Crippen LogP contribution is 2.36. The molecule has 32 heavy (non-hydrogen) atoms. The van der Waals surface area contributed by atoms with Crippen LogP contribution in [0, 0.1) is 5.82 Å². The number of rotatable bonds is 7. The molecule has 166 valence electrons. The van der Waals surface area contributed by atoms with Crippen LogP contribution in [0.15, 0.2) is 59.8 Å². The van der Waals surface area contributed by atoms with Gasteiger partial charge < -0.3 is 20.5 Å². The molecular formula is C23H24FN5O3. The van der Waals surface area contributed by atoms with E-state index < -0.39 is 6.04 Å². The van der Waals surface area contributed by atoms with E-state index >= 15 is 0 Å². The van der Waals surface area contributed by atoms with E-state index in [1.807, 2.05) is 24.3 Å². The van der Waals surface area contributed by atoms with Crippen LogP contribution in [0.2, 0.25) is 0 Å². The van der Waals surface area contributed by atoms with E-state index in [4.69, 9.17) is 9.84 Å². The zero-order chi connectivity index (χ0) is 22.7. The lowest BCUT2D eigenvalue weighted by Gasteiger charge is -2.29. The van der Waals surface area contributed by atoms with Gasteiger partial charge in [0.2, 0.25) is 5.95 Å². The van der Waals surface area contributed by atoms with Gasteiger partial charge in [-0.2, -0.15) is 10.1 Å². The Morgan fingerprint density at radius 1 is 1.28 bits per heavy atom. The predicted octanol–water partition coefficient (Wildman–Crippen LogP) is 3.28. The van der Waals surface area contributed by atoms with E-state index in [9.17, 15) is 9.18 Å². The maximum absolute atomic E-state index is 13.4. The van der Waals surface area contributed by atoms with Crippen molar-refractivity contribution >= 4 is 17.5 Å². The van der Waals surface area contributed by atoms with Crippen LogP contribution < -0.4 is 15.4 Å². The van der Waals surface area contributed by atoms with E-state index in [-0.39, 0.29) is 18.3 Å². The summed E-state index contributed by atoms with van der Waals surface area (Å²) < 4.78 is 20.3. The number of nitrogens with zero attached hydrogens (tertiary/aromatic N) is 3. The first-order valence-electron chi connectivity index (χ1n) is 10.2. The molecule has 0 bridgehead atoms. The number of amides is 1. The van der Waals surface area contributed by atoms with E-state index in [1.54, 1.807) is 18.7 Å². The highest BCUT2D eigenvalue weighted by atomic mass is 19.1. The number of methoxy groups -OCH3 is 1. The van der Waals surface area contributed by atoms with Gasteiger partial charge in [0.1, 0.15) is 17.6 Å². The number of aliphatic hydroxyl groups is 1. The smallest absolute Gasteiger partial charge is 0.255 e. The summed E-state index contributed by atoms with van der Waals surface area (Å²) in [5.74, 6) is 1.02. The molecule has 0 radical (unpaired) electrons. The molecule has 4 rings (SSSR count). The number of nitrogens with one attached hydrogen (secondary N) is 2. The Morgan fingerprint density at radius 3 is 2.78 bits per heavy atom. The number of aliphatic hydroxyl groups excluding tert-OH is 1. The Balaban J connectivity index is 1.76. The molecule has 0 spiro atoms. The molecule has 2 aromatic carbocycles. The molecule has 1 atom stereocenters. The van der Waals surface area contributed by atoms with Crippen LogP contribution in [-0.2, 0) is 11.2 Å². The number of anilines is 2. The zero-order valence-corrected chi connectivity index (χ0v) is 17.8. The first-order chi connectivity index (χ1) is 15.5. The van der Waals surface area contributed by atoms with Gasteiger partial charge in [-0.15, -0.1) is 0 Å². The van der Waals surface area contributed by atoms with Crippen molar-refractivity contribution in [1.82, 2.24) is 14.8 Å². The fourth-order valence-corrected chi connectivity index (χ4v) is 3.68. The molecule has 1 amide bonds. The molecule has 1 aliphatic heterocycles. The van der Waals surface area contributed by atoms with Crippen molar-refractivity contribution in [2.24, 2.45) is 0 Å². The summed E-state index contributed by atoms with van der Waals surface area (Å²) in [4.78, 5) is 17.9. The van der Waals surface area contributed by atoms with Crippen molar-refractivity contribution < 1.29 is 19.0 Å². The number of ether oxygens (including phenoxy) is 1. The van der Waals surface area contributed by atoms with Gasteiger partial charge in [0, 0.05) is 24.4 Å². The number of fused-ring (bicyclic) bond motifs is 1. The SMILES string of the molecule is COc1cccc(C2C(C(=O)Nc3ccc(F)cc3)=C(C)Nc3nc(CCCO)nn32)c1. The number of allylic oxidation sites excluding steroid dienone is 1. The quantitative estimate of drug-likeness (QED) is 0.524. The average molecular weight is 437 g/mol. The number of carbonyl (C=O) groups is 1. The summed E-state index contributed by atoms with van der Waals surface area (Å²) in [7, 11) is 1.58. The van der Waals surface area contributed by atoms with E-state index in [2.05, 4.69) is 20.7 Å². The second kappa shape index (κ2) is 9.19. The summed E-state index contributed by atoms with van der Waals surface area (Å²) in [5.41, 5.74) is 2.36. The van der Waals surface area contributed by atoms with Gasteiger partial charge in [-0.25, -0.2) is 9.07 Å². The van der Waals surface area contributed by atoms with Gasteiger partial charge in [-0.05, 0) is 55.3 Å². The molecule has 2 heterocycles. The van der Waals surface area contributed by atoms with Crippen molar-refractivity contribution in [1.29, 1.82) is 0 Å². The van der Waals surface area contributed by atoms with Crippen molar-refractivity contribution in [2.45, 2.75) is 25.8 Å². The molecule has 9 heteroatoms.